The summed E-state index contributed by atoms with van der Waals surface area (Å²) in [6, 6.07) is 30.3. The van der Waals surface area contributed by atoms with Crippen LogP contribution in [0.4, 0.5) is 0 Å². The maximum absolute atomic E-state index is 12.8. The molecule has 0 N–H and O–H groups in total. The van der Waals surface area contributed by atoms with Crippen molar-refractivity contribution < 1.29 is 22.1 Å². The molecule has 0 aromatic heterocycles. The van der Waals surface area contributed by atoms with Crippen LogP contribution in [0.5, 0.6) is 0 Å². The van der Waals surface area contributed by atoms with Crippen LogP contribution < -0.4 is 0 Å². The van der Waals surface area contributed by atoms with E-state index >= 15 is 0 Å². The molecule has 0 radical (unpaired) electrons. The summed E-state index contributed by atoms with van der Waals surface area (Å²) in [7, 11) is -3.73. The molecule has 3 rings (SSSR count). The Kier molecular flexibility index (Phi) is 20.5. The second kappa shape index (κ2) is 24.6. The molecular formula is C43H64O5S. The molecule has 0 bridgehead atoms. The lowest BCUT2D eigenvalue weighted by atomic mass is 9.80. The standard InChI is InChI=1S/C43H64O5S/c1-3-5-6-7-8-9-10-11-12-13-14-15-16-17-18-28-35-46-37-42(48-49(44,45)36-4-2)38-47-43(39-29-22-19-23-30-39,40-31-24-20-25-32-40)41-33-26-21-27-34-41/h19-27,29-34,42H,3-18,28,35-38H2,1-2H3. The minimum atomic E-state index is -3.73. The molecule has 3 aromatic rings. The Bertz CT molecular complexity index is 1220. The molecule has 0 spiro atoms. The van der Waals surface area contributed by atoms with Crippen LogP contribution >= 0.6 is 0 Å². The first-order valence-electron chi connectivity index (χ1n) is 19.3. The third-order valence-corrected chi connectivity index (χ3v) is 10.7. The lowest BCUT2D eigenvalue weighted by Gasteiger charge is -2.37. The molecule has 272 valence electrons. The monoisotopic (exact) mass is 692 g/mol. The van der Waals surface area contributed by atoms with E-state index in [1.54, 1.807) is 0 Å². The van der Waals surface area contributed by atoms with Gasteiger partial charge in [0.1, 0.15) is 11.7 Å². The second-order valence-electron chi connectivity index (χ2n) is 13.4. The first-order valence-corrected chi connectivity index (χ1v) is 20.9. The molecule has 5 nitrogen and oxygen atoms in total. The summed E-state index contributed by atoms with van der Waals surface area (Å²) in [5, 5.41) is 0. The molecule has 0 fully saturated rings. The predicted octanol–water partition coefficient (Wildman–Crippen LogP) is 11.4. The number of hydrogen-bond acceptors (Lipinski definition) is 5. The van der Waals surface area contributed by atoms with Gasteiger partial charge in [0.2, 0.25) is 0 Å². The van der Waals surface area contributed by atoms with Gasteiger partial charge >= 0.3 is 0 Å². The first-order chi connectivity index (χ1) is 24.0. The molecule has 0 aliphatic heterocycles. The van der Waals surface area contributed by atoms with Crippen molar-refractivity contribution in [3.63, 3.8) is 0 Å². The van der Waals surface area contributed by atoms with Gasteiger partial charge in [0.15, 0.2) is 0 Å². The summed E-state index contributed by atoms with van der Waals surface area (Å²) in [4.78, 5) is 0. The van der Waals surface area contributed by atoms with Crippen molar-refractivity contribution in [1.82, 2.24) is 0 Å². The molecule has 1 unspecified atom stereocenters. The molecule has 0 aliphatic carbocycles. The fourth-order valence-corrected chi connectivity index (χ4v) is 7.68. The molecule has 3 aromatic carbocycles. The van der Waals surface area contributed by atoms with E-state index in [-0.39, 0.29) is 19.0 Å². The molecule has 0 saturated heterocycles. The average molecular weight is 693 g/mol. The molecule has 1 atom stereocenters. The normalized spacial score (nSPS) is 12.7. The minimum Gasteiger partial charge on any atom is -0.379 e. The number of unbranched alkanes of at least 4 members (excludes halogenated alkanes) is 15. The fourth-order valence-electron chi connectivity index (χ4n) is 6.56. The molecule has 6 heteroatoms. The number of hydrogen-bond donors (Lipinski definition) is 0. The van der Waals surface area contributed by atoms with Gasteiger partial charge in [0.05, 0.1) is 19.0 Å². The van der Waals surface area contributed by atoms with E-state index in [9.17, 15) is 8.42 Å². The lowest BCUT2D eigenvalue weighted by molar-refractivity contribution is -0.0535. The van der Waals surface area contributed by atoms with Gasteiger partial charge in [-0.05, 0) is 29.5 Å². The lowest BCUT2D eigenvalue weighted by Crippen LogP contribution is -2.38. The Labute approximate surface area is 299 Å². The van der Waals surface area contributed by atoms with Crippen LogP contribution in [-0.4, -0.2) is 40.1 Å². The summed E-state index contributed by atoms with van der Waals surface area (Å²) in [6.45, 7) is 4.89. The summed E-state index contributed by atoms with van der Waals surface area (Å²) in [5.41, 5.74) is 1.90. The van der Waals surface area contributed by atoms with Crippen LogP contribution in [0.15, 0.2) is 91.0 Å². The van der Waals surface area contributed by atoms with Gasteiger partial charge in [-0.25, -0.2) is 0 Å². The van der Waals surface area contributed by atoms with Crippen LogP contribution in [-0.2, 0) is 29.4 Å². The number of rotatable bonds is 29. The molecule has 0 saturated carbocycles. The third kappa shape index (κ3) is 15.5. The van der Waals surface area contributed by atoms with Crippen LogP contribution in [0, 0.1) is 0 Å². The van der Waals surface area contributed by atoms with Crippen LogP contribution in [0.25, 0.3) is 0 Å². The van der Waals surface area contributed by atoms with E-state index in [0.717, 1.165) is 29.5 Å². The average Bonchev–Trinajstić information content (AvgIpc) is 3.12. The second-order valence-corrected chi connectivity index (χ2v) is 15.2. The van der Waals surface area contributed by atoms with Crippen molar-refractivity contribution in [2.45, 2.75) is 135 Å². The highest BCUT2D eigenvalue weighted by Gasteiger charge is 2.38. The highest BCUT2D eigenvalue weighted by atomic mass is 32.2. The zero-order chi connectivity index (χ0) is 34.9. The van der Waals surface area contributed by atoms with E-state index in [4.69, 9.17) is 13.7 Å². The van der Waals surface area contributed by atoms with Gasteiger partial charge in [0.25, 0.3) is 10.1 Å². The van der Waals surface area contributed by atoms with Gasteiger partial charge in [-0.2, -0.15) is 8.42 Å². The van der Waals surface area contributed by atoms with E-state index < -0.39 is 21.8 Å². The van der Waals surface area contributed by atoms with Crippen molar-refractivity contribution in [3.8, 4) is 0 Å². The van der Waals surface area contributed by atoms with Crippen LogP contribution in [0.1, 0.15) is 140 Å². The molecule has 0 aliphatic rings. The Hall–Kier alpha value is -2.51. The smallest absolute Gasteiger partial charge is 0.267 e. The number of benzene rings is 3. The summed E-state index contributed by atoms with van der Waals surface area (Å²) >= 11 is 0. The topological polar surface area (TPSA) is 61.8 Å². The summed E-state index contributed by atoms with van der Waals surface area (Å²) in [5.74, 6) is -0.0379. The zero-order valence-corrected chi connectivity index (χ0v) is 31.4. The van der Waals surface area contributed by atoms with Gasteiger partial charge in [0, 0.05) is 6.61 Å². The summed E-state index contributed by atoms with van der Waals surface area (Å²) < 4.78 is 44.3. The first kappa shape index (κ1) is 40.9. The highest BCUT2D eigenvalue weighted by Crippen LogP contribution is 2.40. The maximum Gasteiger partial charge on any atom is 0.267 e. The van der Waals surface area contributed by atoms with Gasteiger partial charge in [-0.15, -0.1) is 0 Å². The Morgan fingerprint density at radius 1 is 0.510 bits per heavy atom. The molecular weight excluding hydrogens is 629 g/mol. The van der Waals surface area contributed by atoms with E-state index in [1.807, 2.05) is 61.5 Å². The number of ether oxygens (including phenoxy) is 2. The van der Waals surface area contributed by atoms with E-state index in [1.165, 1.54) is 89.9 Å². The minimum absolute atomic E-state index is 0.0379. The Morgan fingerprint density at radius 3 is 1.29 bits per heavy atom. The quantitative estimate of drug-likeness (QED) is 0.0412. The Morgan fingerprint density at radius 2 is 0.898 bits per heavy atom. The van der Waals surface area contributed by atoms with E-state index in [2.05, 4.69) is 43.3 Å². The Balaban J connectivity index is 1.48. The van der Waals surface area contributed by atoms with Crippen molar-refractivity contribution in [2.24, 2.45) is 0 Å². The molecule has 0 heterocycles. The molecule has 0 amide bonds. The van der Waals surface area contributed by atoms with Crippen LogP contribution in [0.2, 0.25) is 0 Å². The predicted molar refractivity (Wildman–Crippen MR) is 204 cm³/mol. The van der Waals surface area contributed by atoms with Crippen molar-refractivity contribution in [2.75, 3.05) is 25.6 Å². The van der Waals surface area contributed by atoms with Gasteiger partial charge in [-0.3, -0.25) is 4.18 Å². The van der Waals surface area contributed by atoms with E-state index in [0.29, 0.717) is 13.0 Å². The van der Waals surface area contributed by atoms with Crippen LogP contribution in [0.3, 0.4) is 0 Å². The van der Waals surface area contributed by atoms with Crippen molar-refractivity contribution in [3.05, 3.63) is 108 Å². The SMILES string of the molecule is CCCCCCCCCCCCCCCCCCOCC(COC(c1ccccc1)(c1ccccc1)c1ccccc1)OS(=O)(=O)CCC. The fraction of sp³-hybridized carbons (Fsp3) is 0.581. The zero-order valence-electron chi connectivity index (χ0n) is 30.5. The van der Waals surface area contributed by atoms with Crippen molar-refractivity contribution >= 4 is 10.1 Å². The molecule has 49 heavy (non-hydrogen) atoms. The van der Waals surface area contributed by atoms with Gasteiger partial charge in [-0.1, -0.05) is 201 Å². The van der Waals surface area contributed by atoms with Crippen molar-refractivity contribution in [1.29, 1.82) is 0 Å². The maximum atomic E-state index is 12.8. The largest absolute Gasteiger partial charge is 0.379 e. The van der Waals surface area contributed by atoms with Gasteiger partial charge < -0.3 is 9.47 Å². The highest BCUT2D eigenvalue weighted by molar-refractivity contribution is 7.86. The summed E-state index contributed by atoms with van der Waals surface area (Å²) in [6.07, 6.45) is 20.9. The third-order valence-electron chi connectivity index (χ3n) is 9.21.